The Morgan fingerprint density at radius 1 is 1.04 bits per heavy atom. The zero-order valence-corrected chi connectivity index (χ0v) is 34.0. The van der Waals surface area contributed by atoms with Crippen LogP contribution in [0.1, 0.15) is 69.1 Å². The first-order chi connectivity index (χ1) is 24.3. The number of carbonyl (C=O) groups excluding carboxylic acids is 2. The number of rotatable bonds is 10. The highest BCUT2D eigenvalue weighted by Gasteiger charge is 2.52. The van der Waals surface area contributed by atoms with E-state index in [1.165, 1.54) is 9.12 Å². The summed E-state index contributed by atoms with van der Waals surface area (Å²) in [5.74, 6) is 2.04. The van der Waals surface area contributed by atoms with Crippen LogP contribution in [0.15, 0.2) is 60.9 Å². The third-order valence-electron chi connectivity index (χ3n) is 9.41. The molecule has 2 N–H and O–H groups in total. The SMILES string of the molecule is CC.CN(C)/C=C(/c1cc(N)ccc1Oc1cccc(N2CC3(CN(CC4CCN(C(=O)OC(C)(C)C)CC4)C3)C2)c1)c1ccn(SI)c1C=O. The van der Waals surface area contributed by atoms with Crippen LogP contribution in [0.4, 0.5) is 16.2 Å². The van der Waals surface area contributed by atoms with E-state index in [4.69, 9.17) is 15.2 Å². The van der Waals surface area contributed by atoms with Crippen molar-refractivity contribution in [3.8, 4) is 11.5 Å². The van der Waals surface area contributed by atoms with Crippen LogP contribution >= 0.6 is 30.3 Å². The standard InChI is InChI=1S/C37H47IN6O4S.C2H6/c1-36(2,3)48-35(46)42-14-11-26(12-15-42)19-41-22-37(23-41)24-43(25-37)28-7-6-8-29(18-28)47-34-10-9-27(39)17-31(34)32(20-40(4)5)30-13-16-44(49-38)33(30)21-45;1-2/h6-10,13,16-18,20-21,26H,11-12,14-15,19,22-25,39H2,1-5H3;1-2H3/b32-20+;. The summed E-state index contributed by atoms with van der Waals surface area (Å²) in [4.78, 5) is 33.4. The fourth-order valence-corrected chi connectivity index (χ4v) is 8.61. The van der Waals surface area contributed by atoms with Gasteiger partial charge in [0.15, 0.2) is 6.29 Å². The molecule has 0 bridgehead atoms. The van der Waals surface area contributed by atoms with Gasteiger partial charge in [0.25, 0.3) is 0 Å². The Morgan fingerprint density at radius 2 is 1.75 bits per heavy atom. The van der Waals surface area contributed by atoms with Gasteiger partial charge in [-0.1, -0.05) is 19.9 Å². The zero-order chi connectivity index (χ0) is 36.9. The molecule has 3 saturated heterocycles. The van der Waals surface area contributed by atoms with E-state index in [1.54, 1.807) is 0 Å². The van der Waals surface area contributed by atoms with Crippen molar-refractivity contribution in [2.24, 2.45) is 11.3 Å². The smallest absolute Gasteiger partial charge is 0.410 e. The molecule has 12 heteroatoms. The number of hydrogen-bond donors (Lipinski definition) is 1. The van der Waals surface area contributed by atoms with Gasteiger partial charge < -0.3 is 34.8 Å². The van der Waals surface area contributed by atoms with Gasteiger partial charge in [0.05, 0.1) is 0 Å². The Kier molecular flexibility index (Phi) is 12.6. The summed E-state index contributed by atoms with van der Waals surface area (Å²) in [5, 5.41) is 0. The molecule has 4 heterocycles. The lowest BCUT2D eigenvalue weighted by molar-refractivity contribution is -0.0368. The van der Waals surface area contributed by atoms with Gasteiger partial charge in [-0.15, -0.1) is 0 Å². The molecule has 0 aliphatic carbocycles. The Labute approximate surface area is 320 Å². The molecule has 3 fully saturated rings. The quantitative estimate of drug-likeness (QED) is 0.123. The second-order valence-electron chi connectivity index (χ2n) is 14.9. The molecule has 0 atom stereocenters. The minimum Gasteiger partial charge on any atom is -0.457 e. The first-order valence-corrected chi connectivity index (χ1v) is 21.1. The van der Waals surface area contributed by atoms with E-state index in [0.717, 1.165) is 93.1 Å². The number of halogens is 1. The molecule has 3 aliphatic rings. The Morgan fingerprint density at radius 3 is 2.37 bits per heavy atom. The molecule has 276 valence electrons. The van der Waals surface area contributed by atoms with Crippen molar-refractivity contribution in [3.63, 3.8) is 0 Å². The molecule has 3 aromatic rings. The molecule has 1 spiro atoms. The van der Waals surface area contributed by atoms with Crippen LogP contribution < -0.4 is 15.4 Å². The number of nitrogens with two attached hydrogens (primary N) is 1. The first kappa shape index (κ1) is 38.9. The number of carbonyl (C=O) groups is 2. The summed E-state index contributed by atoms with van der Waals surface area (Å²) in [5.41, 5.74) is 11.0. The van der Waals surface area contributed by atoms with E-state index in [-0.39, 0.29) is 6.09 Å². The van der Waals surface area contributed by atoms with Crippen molar-refractivity contribution in [3.05, 3.63) is 77.7 Å². The number of hydrogen-bond acceptors (Lipinski definition) is 9. The van der Waals surface area contributed by atoms with Crippen molar-refractivity contribution in [2.75, 3.05) is 70.5 Å². The van der Waals surface area contributed by atoms with Crippen molar-refractivity contribution in [2.45, 2.75) is 53.1 Å². The van der Waals surface area contributed by atoms with Crippen molar-refractivity contribution < 1.29 is 19.1 Å². The number of aromatic nitrogens is 1. The molecule has 1 aromatic heterocycles. The predicted octanol–water partition coefficient (Wildman–Crippen LogP) is 8.27. The highest BCUT2D eigenvalue weighted by molar-refractivity contribution is 14.2. The van der Waals surface area contributed by atoms with Crippen molar-refractivity contribution in [1.29, 1.82) is 0 Å². The minimum absolute atomic E-state index is 0.187. The van der Waals surface area contributed by atoms with E-state index in [1.807, 2.05) is 111 Å². The summed E-state index contributed by atoms with van der Waals surface area (Å²) in [6, 6.07) is 15.9. The normalized spacial score (nSPS) is 17.6. The lowest BCUT2D eigenvalue weighted by Gasteiger charge is -2.61. The number of aldehydes is 1. The maximum absolute atomic E-state index is 12.4. The average molecular weight is 829 g/mol. The van der Waals surface area contributed by atoms with Crippen molar-refractivity contribution >= 4 is 59.7 Å². The van der Waals surface area contributed by atoms with Crippen molar-refractivity contribution in [1.82, 2.24) is 18.7 Å². The fourth-order valence-electron chi connectivity index (χ4n) is 7.26. The number of piperidine rings is 1. The molecule has 6 rings (SSSR count). The number of amides is 1. The van der Waals surface area contributed by atoms with Crippen LogP contribution in [0.3, 0.4) is 0 Å². The van der Waals surface area contributed by atoms with Gasteiger partial charge in [-0.05, 0) is 75.9 Å². The molecule has 51 heavy (non-hydrogen) atoms. The largest absolute Gasteiger partial charge is 0.457 e. The van der Waals surface area contributed by atoms with Crippen LogP contribution in [-0.2, 0) is 4.74 Å². The van der Waals surface area contributed by atoms with Crippen LogP contribution in [-0.4, -0.2) is 96.6 Å². The predicted molar refractivity (Wildman–Crippen MR) is 218 cm³/mol. The van der Waals surface area contributed by atoms with E-state index in [9.17, 15) is 9.59 Å². The first-order valence-electron chi connectivity index (χ1n) is 17.8. The number of likely N-dealkylation sites (tertiary alicyclic amines) is 2. The summed E-state index contributed by atoms with van der Waals surface area (Å²) in [7, 11) is 5.36. The van der Waals surface area contributed by atoms with Gasteiger partial charge >= 0.3 is 6.09 Å². The van der Waals surface area contributed by atoms with Crippen LogP contribution in [0.2, 0.25) is 0 Å². The molecule has 2 aromatic carbocycles. The lowest BCUT2D eigenvalue weighted by atomic mass is 9.72. The minimum atomic E-state index is -0.455. The number of ether oxygens (including phenoxy) is 2. The summed E-state index contributed by atoms with van der Waals surface area (Å²) >= 11 is 2.17. The third-order valence-corrected chi connectivity index (χ3v) is 11.2. The Hall–Kier alpha value is -3.36. The van der Waals surface area contributed by atoms with E-state index in [0.29, 0.717) is 28.5 Å². The third kappa shape index (κ3) is 9.36. The van der Waals surface area contributed by atoms with E-state index < -0.39 is 5.60 Å². The van der Waals surface area contributed by atoms with Gasteiger partial charge in [-0.25, -0.2) is 4.79 Å². The van der Waals surface area contributed by atoms with Crippen LogP contribution in [0.25, 0.3) is 5.57 Å². The maximum atomic E-state index is 12.4. The molecule has 3 aliphatic heterocycles. The summed E-state index contributed by atoms with van der Waals surface area (Å²) in [6.45, 7) is 16.7. The molecule has 0 unspecified atom stereocenters. The van der Waals surface area contributed by atoms with E-state index >= 15 is 0 Å². The zero-order valence-electron chi connectivity index (χ0n) is 31.0. The summed E-state index contributed by atoms with van der Waals surface area (Å²) in [6.07, 6.45) is 6.66. The highest BCUT2D eigenvalue weighted by Crippen LogP contribution is 2.44. The van der Waals surface area contributed by atoms with Gasteiger partial charge in [-0.3, -0.25) is 8.77 Å². The van der Waals surface area contributed by atoms with Crippen LogP contribution in [0, 0.1) is 11.3 Å². The molecule has 1 amide bonds. The molecular weight excluding hydrogens is 775 g/mol. The maximum Gasteiger partial charge on any atom is 0.410 e. The van der Waals surface area contributed by atoms with Crippen LogP contribution in [0.5, 0.6) is 11.5 Å². The summed E-state index contributed by atoms with van der Waals surface area (Å²) < 4.78 is 14.0. The number of anilines is 2. The second-order valence-corrected chi connectivity index (χ2v) is 16.6. The van der Waals surface area contributed by atoms with Gasteiger partial charge in [0.2, 0.25) is 0 Å². The molecule has 0 radical (unpaired) electrons. The Balaban J connectivity index is 0.00000248. The second kappa shape index (κ2) is 16.5. The fraction of sp³-hybridized carbons (Fsp3) is 0.487. The number of nitrogens with zero attached hydrogens (tertiary/aromatic N) is 5. The van der Waals surface area contributed by atoms with Gasteiger partial charge in [-0.2, -0.15) is 0 Å². The topological polar surface area (TPSA) is 96.5 Å². The monoisotopic (exact) mass is 828 g/mol. The molecule has 0 saturated carbocycles. The van der Waals surface area contributed by atoms with E-state index in [2.05, 4.69) is 43.1 Å². The molecule has 10 nitrogen and oxygen atoms in total. The van der Waals surface area contributed by atoms with Gasteiger partial charge in [0.1, 0.15) is 22.8 Å². The number of nitrogen functional groups attached to an aromatic ring is 1. The Bertz CT molecular complexity index is 1700. The average Bonchev–Trinajstić information content (AvgIpc) is 3.48. The lowest BCUT2D eigenvalue weighted by Crippen LogP contribution is -2.72. The molecular formula is C39H53IN6O4S. The highest BCUT2D eigenvalue weighted by atomic mass is 127. The van der Waals surface area contributed by atoms with Gasteiger partial charge in [0, 0.05) is 142 Å². The number of benzene rings is 2.